The van der Waals surface area contributed by atoms with Crippen LogP contribution in [0, 0.1) is 0 Å². The van der Waals surface area contributed by atoms with Crippen LogP contribution in [-0.2, 0) is 10.0 Å². The van der Waals surface area contributed by atoms with E-state index in [4.69, 9.17) is 0 Å². The zero-order valence-electron chi connectivity index (χ0n) is 12.7. The topological polar surface area (TPSA) is 57.7 Å². The summed E-state index contributed by atoms with van der Waals surface area (Å²) in [5.41, 5.74) is 0.409. The van der Waals surface area contributed by atoms with E-state index in [-0.39, 0.29) is 16.8 Å². The summed E-state index contributed by atoms with van der Waals surface area (Å²) in [4.78, 5) is 14.1. The summed E-state index contributed by atoms with van der Waals surface area (Å²) in [6.45, 7) is 4.96. The number of hydrogen-bond acceptors (Lipinski definition) is 3. The summed E-state index contributed by atoms with van der Waals surface area (Å²) in [5, 5.41) is 0. The van der Waals surface area contributed by atoms with Gasteiger partial charge in [0.2, 0.25) is 10.0 Å². The molecule has 0 aromatic heterocycles. The van der Waals surface area contributed by atoms with Gasteiger partial charge in [-0.3, -0.25) is 4.79 Å². The van der Waals surface area contributed by atoms with Crippen molar-refractivity contribution in [2.45, 2.75) is 37.6 Å². The minimum absolute atomic E-state index is 0.0661. The fourth-order valence-corrected chi connectivity index (χ4v) is 3.87. The van der Waals surface area contributed by atoms with Gasteiger partial charge in [0.15, 0.2) is 0 Å². The van der Waals surface area contributed by atoms with E-state index in [9.17, 15) is 13.2 Å². The summed E-state index contributed by atoms with van der Waals surface area (Å²) < 4.78 is 26.5. The quantitative estimate of drug-likeness (QED) is 0.854. The molecule has 21 heavy (non-hydrogen) atoms. The van der Waals surface area contributed by atoms with Gasteiger partial charge < -0.3 is 4.90 Å². The predicted molar refractivity (Wildman–Crippen MR) is 81.7 cm³/mol. The molecule has 2 rings (SSSR count). The monoisotopic (exact) mass is 310 g/mol. The minimum atomic E-state index is -3.48. The molecule has 1 aromatic rings. The molecule has 1 amide bonds. The molecule has 5 nitrogen and oxygen atoms in total. The second kappa shape index (κ2) is 6.15. The van der Waals surface area contributed by atoms with E-state index >= 15 is 0 Å². The Labute approximate surface area is 126 Å². The smallest absolute Gasteiger partial charge is 0.253 e. The molecule has 1 saturated heterocycles. The molecular formula is C15H22N2O3S. The van der Waals surface area contributed by atoms with E-state index < -0.39 is 10.0 Å². The predicted octanol–water partition coefficient (Wildman–Crippen LogP) is 1.95. The first-order valence-corrected chi connectivity index (χ1v) is 8.65. The van der Waals surface area contributed by atoms with Crippen LogP contribution in [-0.4, -0.2) is 49.7 Å². The molecular weight excluding hydrogens is 288 g/mol. The molecule has 0 radical (unpaired) electrons. The lowest BCUT2D eigenvalue weighted by molar-refractivity contribution is 0.0754. The highest BCUT2D eigenvalue weighted by Crippen LogP contribution is 2.22. The summed E-state index contributed by atoms with van der Waals surface area (Å²) in [6, 6.07) is 6.39. The van der Waals surface area contributed by atoms with E-state index in [1.165, 1.54) is 10.4 Å². The Bertz CT molecular complexity index is 620. The van der Waals surface area contributed by atoms with Crippen molar-refractivity contribution in [3.63, 3.8) is 0 Å². The Morgan fingerprint density at radius 1 is 1.24 bits per heavy atom. The fourth-order valence-electron chi connectivity index (χ4n) is 2.31. The Morgan fingerprint density at radius 2 is 1.86 bits per heavy atom. The Balaban J connectivity index is 2.31. The molecule has 0 N–H and O–H groups in total. The summed E-state index contributed by atoms with van der Waals surface area (Å²) in [6.07, 6.45) is 1.79. The molecule has 0 aliphatic carbocycles. The van der Waals surface area contributed by atoms with Crippen LogP contribution in [0.5, 0.6) is 0 Å². The van der Waals surface area contributed by atoms with Crippen molar-refractivity contribution in [1.82, 2.24) is 9.21 Å². The molecule has 1 aliphatic heterocycles. The molecule has 116 valence electrons. The minimum Gasteiger partial charge on any atom is -0.339 e. The molecule has 0 spiro atoms. The first-order chi connectivity index (χ1) is 9.84. The maximum absolute atomic E-state index is 12.5. The number of nitrogens with zero attached hydrogens (tertiary/aromatic N) is 2. The van der Waals surface area contributed by atoms with Crippen LogP contribution >= 0.6 is 0 Å². The van der Waals surface area contributed by atoms with Crippen molar-refractivity contribution < 1.29 is 13.2 Å². The number of carbonyl (C=O) groups is 1. The van der Waals surface area contributed by atoms with Crippen molar-refractivity contribution in [1.29, 1.82) is 0 Å². The zero-order chi connectivity index (χ0) is 15.6. The SMILES string of the molecule is CC(C)N(C)C(=O)c1cccc(S(=O)(=O)N2CCCC2)c1. The standard InChI is InChI=1S/C15H22N2O3S/c1-12(2)16(3)15(18)13-7-6-8-14(11-13)21(19,20)17-9-4-5-10-17/h6-8,11-12H,4-5,9-10H2,1-3H3. The van der Waals surface area contributed by atoms with Crippen molar-refractivity contribution in [2.75, 3.05) is 20.1 Å². The van der Waals surface area contributed by atoms with E-state index in [0.29, 0.717) is 18.7 Å². The van der Waals surface area contributed by atoms with Gasteiger partial charge in [0, 0.05) is 31.7 Å². The third-order valence-corrected chi connectivity index (χ3v) is 5.77. The van der Waals surface area contributed by atoms with Gasteiger partial charge in [-0.1, -0.05) is 6.07 Å². The van der Waals surface area contributed by atoms with Crippen molar-refractivity contribution in [3.05, 3.63) is 29.8 Å². The highest BCUT2D eigenvalue weighted by molar-refractivity contribution is 7.89. The first-order valence-electron chi connectivity index (χ1n) is 7.21. The van der Waals surface area contributed by atoms with E-state index in [1.807, 2.05) is 13.8 Å². The normalized spacial score (nSPS) is 16.4. The lowest BCUT2D eigenvalue weighted by Gasteiger charge is -2.22. The van der Waals surface area contributed by atoms with Gasteiger partial charge in [0.1, 0.15) is 0 Å². The average molecular weight is 310 g/mol. The number of benzene rings is 1. The number of carbonyl (C=O) groups excluding carboxylic acids is 1. The molecule has 1 fully saturated rings. The number of hydrogen-bond donors (Lipinski definition) is 0. The van der Waals surface area contributed by atoms with E-state index in [2.05, 4.69) is 0 Å². The second-order valence-electron chi connectivity index (χ2n) is 5.65. The van der Waals surface area contributed by atoms with E-state index in [1.54, 1.807) is 30.1 Å². The van der Waals surface area contributed by atoms with Gasteiger partial charge in [-0.2, -0.15) is 4.31 Å². The average Bonchev–Trinajstić information content (AvgIpc) is 3.00. The number of sulfonamides is 1. The first kappa shape index (κ1) is 16.0. The number of rotatable bonds is 4. The van der Waals surface area contributed by atoms with Gasteiger partial charge in [-0.05, 0) is 44.9 Å². The Hall–Kier alpha value is -1.40. The zero-order valence-corrected chi connectivity index (χ0v) is 13.6. The van der Waals surface area contributed by atoms with Crippen LogP contribution in [0.2, 0.25) is 0 Å². The summed E-state index contributed by atoms with van der Waals surface area (Å²) in [7, 11) is -1.76. The molecule has 0 saturated carbocycles. The highest BCUT2D eigenvalue weighted by atomic mass is 32.2. The van der Waals surface area contributed by atoms with E-state index in [0.717, 1.165) is 12.8 Å². The molecule has 0 atom stereocenters. The summed E-state index contributed by atoms with van der Waals surface area (Å²) in [5.74, 6) is -0.163. The van der Waals surface area contributed by atoms with Crippen LogP contribution in [0.25, 0.3) is 0 Å². The van der Waals surface area contributed by atoms with Gasteiger partial charge in [-0.15, -0.1) is 0 Å². The van der Waals surface area contributed by atoms with Crippen molar-refractivity contribution >= 4 is 15.9 Å². The molecule has 0 bridgehead atoms. The van der Waals surface area contributed by atoms with Crippen LogP contribution in [0.15, 0.2) is 29.2 Å². The lowest BCUT2D eigenvalue weighted by Crippen LogP contribution is -2.33. The molecule has 0 unspecified atom stereocenters. The fraction of sp³-hybridized carbons (Fsp3) is 0.533. The van der Waals surface area contributed by atoms with Crippen molar-refractivity contribution in [3.8, 4) is 0 Å². The summed E-state index contributed by atoms with van der Waals surface area (Å²) >= 11 is 0. The van der Waals surface area contributed by atoms with Crippen LogP contribution in [0.4, 0.5) is 0 Å². The third kappa shape index (κ3) is 3.27. The van der Waals surface area contributed by atoms with Crippen LogP contribution in [0.3, 0.4) is 0 Å². The number of amides is 1. The Morgan fingerprint density at radius 3 is 2.43 bits per heavy atom. The van der Waals surface area contributed by atoms with Gasteiger partial charge in [0.25, 0.3) is 5.91 Å². The third-order valence-electron chi connectivity index (χ3n) is 3.88. The van der Waals surface area contributed by atoms with Gasteiger partial charge in [0.05, 0.1) is 4.90 Å². The largest absolute Gasteiger partial charge is 0.339 e. The molecule has 1 aromatic carbocycles. The lowest BCUT2D eigenvalue weighted by atomic mass is 10.2. The highest BCUT2D eigenvalue weighted by Gasteiger charge is 2.28. The molecule has 1 aliphatic rings. The molecule has 6 heteroatoms. The maximum atomic E-state index is 12.5. The molecule has 1 heterocycles. The van der Waals surface area contributed by atoms with Gasteiger partial charge >= 0.3 is 0 Å². The second-order valence-corrected chi connectivity index (χ2v) is 7.59. The Kier molecular flexibility index (Phi) is 4.68. The maximum Gasteiger partial charge on any atom is 0.253 e. The van der Waals surface area contributed by atoms with Crippen molar-refractivity contribution in [2.24, 2.45) is 0 Å². The van der Waals surface area contributed by atoms with Gasteiger partial charge in [-0.25, -0.2) is 8.42 Å². The van der Waals surface area contributed by atoms with Crippen LogP contribution in [0.1, 0.15) is 37.0 Å². The van der Waals surface area contributed by atoms with Crippen LogP contribution < -0.4 is 0 Å².